The highest BCUT2D eigenvalue weighted by molar-refractivity contribution is 8.18. The molecule has 35 heavy (non-hydrogen) atoms. The van der Waals surface area contributed by atoms with Crippen molar-refractivity contribution in [1.29, 1.82) is 0 Å². The Hall–Kier alpha value is -3.63. The van der Waals surface area contributed by atoms with E-state index >= 15 is 0 Å². The van der Waals surface area contributed by atoms with Crippen LogP contribution in [0.2, 0.25) is 0 Å². The van der Waals surface area contributed by atoms with Gasteiger partial charge in [-0.1, -0.05) is 18.2 Å². The predicted molar refractivity (Wildman–Crippen MR) is 134 cm³/mol. The second-order valence-electron chi connectivity index (χ2n) is 8.02. The lowest BCUT2D eigenvalue weighted by molar-refractivity contribution is -0.118. The number of nitrogens with zero attached hydrogens (tertiary/aromatic N) is 3. The van der Waals surface area contributed by atoms with Gasteiger partial charge in [0.15, 0.2) is 5.17 Å². The summed E-state index contributed by atoms with van der Waals surface area (Å²) in [6, 6.07) is 14.2. The number of anilines is 2. The van der Waals surface area contributed by atoms with Crippen LogP contribution in [0.5, 0.6) is 5.75 Å². The third kappa shape index (κ3) is 4.67. The molecule has 5 rings (SSSR count). The average molecular weight is 493 g/mol. The number of carbonyl (C=O) groups excluding carboxylic acids is 3. The molecule has 0 atom stereocenters. The van der Waals surface area contributed by atoms with Crippen LogP contribution in [-0.4, -0.2) is 67.2 Å². The molecule has 3 aliphatic heterocycles. The van der Waals surface area contributed by atoms with E-state index in [1.165, 1.54) is 16.7 Å². The van der Waals surface area contributed by atoms with Crippen molar-refractivity contribution >= 4 is 51.6 Å². The topological polar surface area (TPSA) is 101 Å². The molecule has 0 aliphatic carbocycles. The second-order valence-corrected chi connectivity index (χ2v) is 9.00. The molecule has 3 heterocycles. The molecule has 0 aromatic heterocycles. The van der Waals surface area contributed by atoms with Gasteiger partial charge in [0.2, 0.25) is 5.91 Å². The number of rotatable bonds is 5. The average Bonchev–Trinajstić information content (AvgIpc) is 3.38. The highest BCUT2D eigenvalue weighted by Gasteiger charge is 2.40. The molecular weight excluding hydrogens is 468 g/mol. The zero-order chi connectivity index (χ0) is 24.4. The van der Waals surface area contributed by atoms with Gasteiger partial charge in [-0.3, -0.25) is 19.3 Å². The van der Waals surface area contributed by atoms with Gasteiger partial charge in [0.05, 0.1) is 36.0 Å². The molecular formula is C25H24N4O5S. The normalized spacial score (nSPS) is 19.6. The lowest BCUT2D eigenvalue weighted by Gasteiger charge is -2.27. The number of amidine groups is 1. The molecule has 1 fully saturated rings. The van der Waals surface area contributed by atoms with E-state index in [-0.39, 0.29) is 23.9 Å². The highest BCUT2D eigenvalue weighted by Crippen LogP contribution is 2.43. The van der Waals surface area contributed by atoms with Crippen LogP contribution in [-0.2, 0) is 19.1 Å². The summed E-state index contributed by atoms with van der Waals surface area (Å²) in [4.78, 5) is 47.0. The van der Waals surface area contributed by atoms with Gasteiger partial charge in [0, 0.05) is 24.3 Å². The van der Waals surface area contributed by atoms with Crippen LogP contribution in [0.25, 0.3) is 5.57 Å². The summed E-state index contributed by atoms with van der Waals surface area (Å²) < 4.78 is 10.8. The van der Waals surface area contributed by atoms with E-state index in [0.717, 1.165) is 0 Å². The number of morpholine rings is 1. The van der Waals surface area contributed by atoms with Crippen LogP contribution < -0.4 is 15.0 Å². The molecule has 0 saturated carbocycles. The van der Waals surface area contributed by atoms with Crippen LogP contribution in [0, 0.1) is 0 Å². The lowest BCUT2D eigenvalue weighted by Crippen LogP contribution is -2.38. The fraction of sp³-hybridized carbons (Fsp3) is 0.280. The number of hydrogen-bond donors (Lipinski definition) is 1. The second kappa shape index (κ2) is 9.93. The molecule has 0 unspecified atom stereocenters. The smallest absolute Gasteiger partial charge is 0.287 e. The summed E-state index contributed by atoms with van der Waals surface area (Å²) in [5.41, 5.74) is 2.11. The van der Waals surface area contributed by atoms with Crippen molar-refractivity contribution in [1.82, 2.24) is 4.90 Å². The molecule has 0 radical (unpaired) electrons. The van der Waals surface area contributed by atoms with E-state index in [4.69, 9.17) is 9.47 Å². The van der Waals surface area contributed by atoms with E-state index in [0.29, 0.717) is 65.7 Å². The first-order chi connectivity index (χ1) is 17.0. The first-order valence-corrected chi connectivity index (χ1v) is 12.2. The monoisotopic (exact) mass is 492 g/mol. The summed E-state index contributed by atoms with van der Waals surface area (Å²) in [5.74, 6) is -0.459. The van der Waals surface area contributed by atoms with E-state index in [1.807, 2.05) is 17.9 Å². The van der Waals surface area contributed by atoms with Gasteiger partial charge in [-0.15, -0.1) is 0 Å². The minimum Gasteiger partial charge on any atom is -0.494 e. The zero-order valence-corrected chi connectivity index (χ0v) is 20.0. The van der Waals surface area contributed by atoms with Crippen molar-refractivity contribution in [2.24, 2.45) is 4.99 Å². The number of ether oxygens (including phenoxy) is 2. The molecule has 9 nitrogen and oxygen atoms in total. The third-order valence-electron chi connectivity index (χ3n) is 5.77. The molecule has 3 amide bonds. The maximum atomic E-state index is 13.5. The number of amides is 3. The molecule has 0 bridgehead atoms. The summed E-state index contributed by atoms with van der Waals surface area (Å²) in [7, 11) is 0. The Kier molecular flexibility index (Phi) is 6.56. The van der Waals surface area contributed by atoms with Crippen LogP contribution in [0.1, 0.15) is 12.5 Å². The number of nitrogens with one attached hydrogen (secondary N) is 1. The van der Waals surface area contributed by atoms with Gasteiger partial charge in [0.1, 0.15) is 12.3 Å². The Morgan fingerprint density at radius 2 is 1.86 bits per heavy atom. The number of fused-ring (bicyclic) bond motifs is 1. The quantitative estimate of drug-likeness (QED) is 0.641. The van der Waals surface area contributed by atoms with E-state index in [2.05, 4.69) is 10.3 Å². The Labute approximate surface area is 206 Å². The number of carbonyl (C=O) groups is 3. The van der Waals surface area contributed by atoms with Gasteiger partial charge >= 0.3 is 0 Å². The first-order valence-electron chi connectivity index (χ1n) is 11.4. The molecule has 1 N–H and O–H groups in total. The van der Waals surface area contributed by atoms with Gasteiger partial charge < -0.3 is 19.7 Å². The van der Waals surface area contributed by atoms with Crippen molar-refractivity contribution in [3.05, 3.63) is 59.0 Å². The Morgan fingerprint density at radius 1 is 1.11 bits per heavy atom. The van der Waals surface area contributed by atoms with E-state index < -0.39 is 5.91 Å². The van der Waals surface area contributed by atoms with Crippen molar-refractivity contribution in [2.75, 3.05) is 49.7 Å². The summed E-state index contributed by atoms with van der Waals surface area (Å²) >= 11 is 1.21. The number of hydrogen-bond acceptors (Lipinski definition) is 7. The molecule has 2 aromatic rings. The van der Waals surface area contributed by atoms with Crippen molar-refractivity contribution in [3.63, 3.8) is 0 Å². The lowest BCUT2D eigenvalue weighted by atomic mass is 10.1. The summed E-state index contributed by atoms with van der Waals surface area (Å²) in [6.07, 6.45) is 0. The fourth-order valence-electron chi connectivity index (χ4n) is 4.14. The van der Waals surface area contributed by atoms with Crippen LogP contribution >= 0.6 is 11.8 Å². The number of aliphatic imine (C=N–C) groups is 1. The Morgan fingerprint density at radius 3 is 2.60 bits per heavy atom. The van der Waals surface area contributed by atoms with Gasteiger partial charge in [-0.25, -0.2) is 0 Å². The van der Waals surface area contributed by atoms with E-state index in [9.17, 15) is 14.4 Å². The summed E-state index contributed by atoms with van der Waals surface area (Å²) in [5, 5.41) is 3.40. The maximum absolute atomic E-state index is 13.5. The molecule has 3 aliphatic rings. The van der Waals surface area contributed by atoms with Gasteiger partial charge in [-0.05, 0) is 49.0 Å². The molecule has 0 spiro atoms. The van der Waals surface area contributed by atoms with Gasteiger partial charge in [-0.2, -0.15) is 4.99 Å². The van der Waals surface area contributed by atoms with Crippen LogP contribution in [0.4, 0.5) is 11.4 Å². The zero-order valence-electron chi connectivity index (χ0n) is 19.2. The van der Waals surface area contributed by atoms with Crippen molar-refractivity contribution in [2.45, 2.75) is 6.92 Å². The van der Waals surface area contributed by atoms with Crippen LogP contribution in [0.15, 0.2) is 58.4 Å². The van der Waals surface area contributed by atoms with Crippen molar-refractivity contribution in [3.8, 4) is 5.75 Å². The Balaban J connectivity index is 1.36. The van der Waals surface area contributed by atoms with Crippen LogP contribution in [0.3, 0.4) is 0 Å². The number of benzene rings is 2. The molecule has 10 heteroatoms. The fourth-order valence-corrected chi connectivity index (χ4v) is 5.20. The molecule has 1 saturated heterocycles. The molecule has 180 valence electrons. The minimum atomic E-state index is -0.435. The molecule has 2 aromatic carbocycles. The number of para-hydroxylation sites is 1. The third-order valence-corrected chi connectivity index (χ3v) is 6.88. The predicted octanol–water partition coefficient (Wildman–Crippen LogP) is 2.74. The summed E-state index contributed by atoms with van der Waals surface area (Å²) in [6.45, 7) is 4.69. The standard InChI is InChI=1S/C25H24N4O5S/c1-2-34-17-9-7-16(8-10-17)26-20(30)15-29-19-6-4-3-5-18(19)21(24(29)32)22-23(31)27-25(35-22)28-11-13-33-14-12-28/h3-10H,2,11-15H2,1H3,(H,26,30). The van der Waals surface area contributed by atoms with Gasteiger partial charge in [0.25, 0.3) is 11.8 Å². The maximum Gasteiger partial charge on any atom is 0.287 e. The Bertz CT molecular complexity index is 1230. The number of thioether (sulfide) groups is 1. The highest BCUT2D eigenvalue weighted by atomic mass is 32.2. The van der Waals surface area contributed by atoms with E-state index in [1.54, 1.807) is 42.5 Å². The SMILES string of the molecule is CCOc1ccc(NC(=O)CN2C(=O)C(=C3SC(N4CCOCC4)=NC3=O)c3ccccc32)cc1. The van der Waals surface area contributed by atoms with Crippen molar-refractivity contribution < 1.29 is 23.9 Å². The first kappa shape index (κ1) is 23.1. The minimum absolute atomic E-state index is 0.185. The largest absolute Gasteiger partial charge is 0.494 e.